The van der Waals surface area contributed by atoms with Gasteiger partial charge in [0.1, 0.15) is 5.82 Å². The third-order valence-corrected chi connectivity index (χ3v) is 3.61. The maximum atomic E-state index is 13.3. The van der Waals surface area contributed by atoms with Crippen LogP contribution in [0.1, 0.15) is 24.1 Å². The van der Waals surface area contributed by atoms with Gasteiger partial charge < -0.3 is 15.3 Å². The number of hydrogen-bond acceptors (Lipinski definition) is 2. The van der Waals surface area contributed by atoms with Crippen LogP contribution in [0.2, 0.25) is 0 Å². The first-order valence-electron chi connectivity index (χ1n) is 6.77. The summed E-state index contributed by atoms with van der Waals surface area (Å²) in [5.74, 6) is -0.263. The molecule has 3 rings (SSSR count). The Bertz CT molecular complexity index is 850. The third kappa shape index (κ3) is 2.67. The molecule has 3 N–H and O–H groups in total. The van der Waals surface area contributed by atoms with Gasteiger partial charge in [-0.25, -0.2) is 9.18 Å². The van der Waals surface area contributed by atoms with Crippen LogP contribution < -0.4 is 11.0 Å². The average Bonchev–Trinajstić information content (AvgIpc) is 2.81. The predicted octanol–water partition coefficient (Wildman–Crippen LogP) is 3.48. The van der Waals surface area contributed by atoms with Gasteiger partial charge in [0.15, 0.2) is 0 Å². The summed E-state index contributed by atoms with van der Waals surface area (Å²) in [6.07, 6.45) is 0. The van der Waals surface area contributed by atoms with Gasteiger partial charge in [-0.3, -0.25) is 0 Å². The standard InChI is InChI=1S/C16H16FN3O/c1-9-3-5-12(17)8-14(9)18-10(2)11-4-6-13-15(7-11)20-16(21)19-13/h3-8,10,18H,1-2H3,(H2,19,20,21). The Kier molecular flexibility index (Phi) is 3.25. The van der Waals surface area contributed by atoms with E-state index in [-0.39, 0.29) is 17.5 Å². The number of rotatable bonds is 3. The molecule has 0 saturated heterocycles. The molecule has 3 aromatic rings. The van der Waals surface area contributed by atoms with Gasteiger partial charge in [0.25, 0.3) is 0 Å². The number of nitrogens with one attached hydrogen (secondary N) is 3. The Morgan fingerprint density at radius 3 is 2.67 bits per heavy atom. The summed E-state index contributed by atoms with van der Waals surface area (Å²) >= 11 is 0. The molecule has 0 bridgehead atoms. The maximum absolute atomic E-state index is 13.3. The zero-order valence-electron chi connectivity index (χ0n) is 11.8. The quantitative estimate of drug-likeness (QED) is 0.690. The smallest absolute Gasteiger partial charge is 0.323 e. The maximum Gasteiger partial charge on any atom is 0.323 e. The molecule has 5 heteroatoms. The Balaban J connectivity index is 1.90. The minimum absolute atomic E-state index is 0.00620. The lowest BCUT2D eigenvalue weighted by molar-refractivity contribution is 0.627. The van der Waals surface area contributed by atoms with Crippen molar-refractivity contribution in [2.24, 2.45) is 0 Å². The van der Waals surface area contributed by atoms with Crippen molar-refractivity contribution >= 4 is 16.7 Å². The molecule has 108 valence electrons. The zero-order chi connectivity index (χ0) is 15.0. The molecule has 0 aliphatic heterocycles. The summed E-state index contributed by atoms with van der Waals surface area (Å²) in [4.78, 5) is 16.7. The van der Waals surface area contributed by atoms with E-state index in [1.54, 1.807) is 6.07 Å². The second kappa shape index (κ2) is 5.09. The van der Waals surface area contributed by atoms with Crippen molar-refractivity contribution in [1.29, 1.82) is 0 Å². The number of aryl methyl sites for hydroxylation is 1. The van der Waals surface area contributed by atoms with Gasteiger partial charge in [-0.05, 0) is 49.2 Å². The average molecular weight is 285 g/mol. The Hall–Kier alpha value is -2.56. The Morgan fingerprint density at radius 1 is 1.10 bits per heavy atom. The van der Waals surface area contributed by atoms with Crippen molar-refractivity contribution in [3.05, 3.63) is 63.8 Å². The van der Waals surface area contributed by atoms with E-state index >= 15 is 0 Å². The van der Waals surface area contributed by atoms with E-state index in [4.69, 9.17) is 0 Å². The molecule has 4 nitrogen and oxygen atoms in total. The van der Waals surface area contributed by atoms with Crippen molar-refractivity contribution in [2.75, 3.05) is 5.32 Å². The highest BCUT2D eigenvalue weighted by atomic mass is 19.1. The molecule has 0 spiro atoms. The van der Waals surface area contributed by atoms with Crippen LogP contribution in [0.5, 0.6) is 0 Å². The van der Waals surface area contributed by atoms with E-state index in [0.29, 0.717) is 0 Å². The molecule has 1 heterocycles. The summed E-state index contributed by atoms with van der Waals surface area (Å²) < 4.78 is 13.3. The van der Waals surface area contributed by atoms with Crippen LogP contribution in [0.25, 0.3) is 11.0 Å². The molecule has 0 aliphatic carbocycles. The number of anilines is 1. The lowest BCUT2D eigenvalue weighted by atomic mass is 10.1. The molecular formula is C16H16FN3O. The van der Waals surface area contributed by atoms with Gasteiger partial charge in [-0.1, -0.05) is 12.1 Å². The van der Waals surface area contributed by atoms with Gasteiger partial charge >= 0.3 is 5.69 Å². The minimum atomic E-state index is -0.263. The van der Waals surface area contributed by atoms with E-state index in [1.165, 1.54) is 12.1 Å². The van der Waals surface area contributed by atoms with Gasteiger partial charge in [-0.2, -0.15) is 0 Å². The topological polar surface area (TPSA) is 60.7 Å². The number of benzene rings is 2. The fourth-order valence-corrected chi connectivity index (χ4v) is 2.39. The van der Waals surface area contributed by atoms with E-state index in [0.717, 1.165) is 27.8 Å². The molecule has 0 aliphatic rings. The van der Waals surface area contributed by atoms with Gasteiger partial charge in [0, 0.05) is 11.7 Å². The fraction of sp³-hybridized carbons (Fsp3) is 0.188. The second-order valence-corrected chi connectivity index (χ2v) is 5.21. The zero-order valence-corrected chi connectivity index (χ0v) is 11.8. The van der Waals surface area contributed by atoms with Crippen LogP contribution in [0.3, 0.4) is 0 Å². The van der Waals surface area contributed by atoms with Crippen molar-refractivity contribution < 1.29 is 4.39 Å². The summed E-state index contributed by atoms with van der Waals surface area (Å²) in [5.41, 5.74) is 4.09. The molecule has 0 fully saturated rings. The van der Waals surface area contributed by atoms with Crippen LogP contribution in [0.15, 0.2) is 41.2 Å². The van der Waals surface area contributed by atoms with E-state index in [1.807, 2.05) is 32.0 Å². The lowest BCUT2D eigenvalue weighted by Crippen LogP contribution is -2.08. The number of imidazole rings is 1. The van der Waals surface area contributed by atoms with Gasteiger partial charge in [0.2, 0.25) is 0 Å². The van der Waals surface area contributed by atoms with Crippen molar-refractivity contribution in [2.45, 2.75) is 19.9 Å². The van der Waals surface area contributed by atoms with Crippen LogP contribution in [-0.2, 0) is 0 Å². The van der Waals surface area contributed by atoms with Crippen LogP contribution >= 0.6 is 0 Å². The number of aromatic amines is 2. The number of halogens is 1. The molecule has 21 heavy (non-hydrogen) atoms. The number of hydrogen-bond donors (Lipinski definition) is 3. The predicted molar refractivity (Wildman–Crippen MR) is 82.1 cm³/mol. The van der Waals surface area contributed by atoms with Crippen molar-refractivity contribution in [3.63, 3.8) is 0 Å². The molecule has 0 amide bonds. The fourth-order valence-electron chi connectivity index (χ4n) is 2.39. The minimum Gasteiger partial charge on any atom is -0.378 e. The highest BCUT2D eigenvalue weighted by Crippen LogP contribution is 2.24. The second-order valence-electron chi connectivity index (χ2n) is 5.21. The molecular weight excluding hydrogens is 269 g/mol. The van der Waals surface area contributed by atoms with Crippen molar-refractivity contribution in [1.82, 2.24) is 9.97 Å². The first-order valence-corrected chi connectivity index (χ1v) is 6.77. The van der Waals surface area contributed by atoms with Crippen molar-refractivity contribution in [3.8, 4) is 0 Å². The Labute approximate surface area is 121 Å². The molecule has 2 aromatic carbocycles. The van der Waals surface area contributed by atoms with Crippen LogP contribution in [0.4, 0.5) is 10.1 Å². The summed E-state index contributed by atoms with van der Waals surface area (Å²) in [6.45, 7) is 3.93. The largest absolute Gasteiger partial charge is 0.378 e. The first-order chi connectivity index (χ1) is 10.0. The van der Waals surface area contributed by atoms with E-state index in [2.05, 4.69) is 15.3 Å². The highest BCUT2D eigenvalue weighted by Gasteiger charge is 2.09. The normalized spacial score (nSPS) is 12.5. The Morgan fingerprint density at radius 2 is 1.86 bits per heavy atom. The SMILES string of the molecule is Cc1ccc(F)cc1NC(C)c1ccc2[nH]c(=O)[nH]c2c1. The van der Waals surface area contributed by atoms with E-state index in [9.17, 15) is 9.18 Å². The number of fused-ring (bicyclic) bond motifs is 1. The van der Waals surface area contributed by atoms with Crippen LogP contribution in [0, 0.1) is 12.7 Å². The molecule has 1 aromatic heterocycles. The van der Waals surface area contributed by atoms with Gasteiger partial charge in [0.05, 0.1) is 11.0 Å². The number of H-pyrrole nitrogens is 2. The molecule has 1 unspecified atom stereocenters. The summed E-state index contributed by atoms with van der Waals surface area (Å²) in [5, 5.41) is 3.30. The molecule has 0 radical (unpaired) electrons. The van der Waals surface area contributed by atoms with Gasteiger partial charge in [-0.15, -0.1) is 0 Å². The summed E-state index contributed by atoms with van der Waals surface area (Å²) in [7, 11) is 0. The first kappa shape index (κ1) is 13.4. The van der Waals surface area contributed by atoms with Crippen LogP contribution in [-0.4, -0.2) is 9.97 Å². The molecule has 0 saturated carbocycles. The summed E-state index contributed by atoms with van der Waals surface area (Å²) in [6, 6.07) is 10.4. The number of aromatic nitrogens is 2. The van der Waals surface area contributed by atoms with E-state index < -0.39 is 0 Å². The lowest BCUT2D eigenvalue weighted by Gasteiger charge is -2.17. The molecule has 1 atom stereocenters. The third-order valence-electron chi connectivity index (χ3n) is 3.61. The highest BCUT2D eigenvalue weighted by molar-refractivity contribution is 5.75. The monoisotopic (exact) mass is 285 g/mol.